The minimum Gasteiger partial charge on any atom is -0.493 e. The molecule has 1 aliphatic rings. The molecular formula is C23H25N3O4S. The molecule has 0 saturated heterocycles. The van der Waals surface area contributed by atoms with Gasteiger partial charge >= 0.3 is 0 Å². The monoisotopic (exact) mass is 439 g/mol. The molecule has 0 unspecified atom stereocenters. The maximum atomic E-state index is 12.6. The summed E-state index contributed by atoms with van der Waals surface area (Å²) in [7, 11) is 0. The zero-order valence-corrected chi connectivity index (χ0v) is 18.4. The maximum Gasteiger partial charge on any atom is 0.250 e. The highest BCUT2D eigenvalue weighted by Crippen LogP contribution is 2.38. The minimum absolute atomic E-state index is 0.0496. The number of nitrogens with zero attached hydrogens (tertiary/aromatic N) is 1. The van der Waals surface area contributed by atoms with Crippen molar-refractivity contribution >= 4 is 44.8 Å². The Labute approximate surface area is 184 Å². The zero-order chi connectivity index (χ0) is 22.0. The number of nitrogens with two attached hydrogens (primary N) is 1. The summed E-state index contributed by atoms with van der Waals surface area (Å²) in [6.45, 7) is 4.33. The summed E-state index contributed by atoms with van der Waals surface area (Å²) in [5.74, 6) is 1.00. The molecule has 3 N–H and O–H groups in total. The van der Waals surface area contributed by atoms with Gasteiger partial charge in [-0.1, -0.05) is 0 Å². The van der Waals surface area contributed by atoms with Crippen LogP contribution in [0.5, 0.6) is 5.75 Å². The van der Waals surface area contributed by atoms with Crippen LogP contribution in [0.25, 0.3) is 16.5 Å². The smallest absolute Gasteiger partial charge is 0.250 e. The van der Waals surface area contributed by atoms with Crippen LogP contribution in [0.1, 0.15) is 49.3 Å². The van der Waals surface area contributed by atoms with Gasteiger partial charge < -0.3 is 14.9 Å². The van der Waals surface area contributed by atoms with E-state index in [-0.39, 0.29) is 12.3 Å². The summed E-state index contributed by atoms with van der Waals surface area (Å²) < 4.78 is 11.9. The van der Waals surface area contributed by atoms with Gasteiger partial charge in [-0.25, -0.2) is 4.98 Å². The SMILES string of the molecule is CCOc1cc2oc3c(c2cc1/C(C)=C/C(=O)Nc1nc(CC(N)=O)cs1)CCCC3. The van der Waals surface area contributed by atoms with Crippen molar-refractivity contribution in [3.63, 3.8) is 0 Å². The highest BCUT2D eigenvalue weighted by atomic mass is 32.1. The van der Waals surface area contributed by atoms with E-state index in [4.69, 9.17) is 14.9 Å². The first-order valence-corrected chi connectivity index (χ1v) is 11.3. The van der Waals surface area contributed by atoms with Crippen LogP contribution >= 0.6 is 11.3 Å². The lowest BCUT2D eigenvalue weighted by molar-refractivity contribution is -0.117. The number of hydrogen-bond donors (Lipinski definition) is 2. The van der Waals surface area contributed by atoms with E-state index in [1.54, 1.807) is 5.38 Å². The Balaban J connectivity index is 1.61. The van der Waals surface area contributed by atoms with E-state index in [0.717, 1.165) is 53.5 Å². The van der Waals surface area contributed by atoms with Gasteiger partial charge in [-0.2, -0.15) is 0 Å². The van der Waals surface area contributed by atoms with Crippen LogP contribution in [0, 0.1) is 0 Å². The summed E-state index contributed by atoms with van der Waals surface area (Å²) in [6, 6.07) is 4.00. The van der Waals surface area contributed by atoms with Crippen molar-refractivity contribution in [2.45, 2.75) is 46.0 Å². The van der Waals surface area contributed by atoms with E-state index in [9.17, 15) is 9.59 Å². The summed E-state index contributed by atoms with van der Waals surface area (Å²) in [5.41, 5.74) is 9.49. The van der Waals surface area contributed by atoms with Crippen molar-refractivity contribution in [2.75, 3.05) is 11.9 Å². The Morgan fingerprint density at radius 2 is 2.13 bits per heavy atom. The number of amides is 2. The van der Waals surface area contributed by atoms with Gasteiger partial charge in [0.25, 0.3) is 0 Å². The summed E-state index contributed by atoms with van der Waals surface area (Å²) in [5, 5.41) is 5.98. The average Bonchev–Trinajstić information content (AvgIpc) is 3.30. The van der Waals surface area contributed by atoms with Gasteiger partial charge in [-0.05, 0) is 44.7 Å². The van der Waals surface area contributed by atoms with Gasteiger partial charge in [0.05, 0.1) is 18.7 Å². The third kappa shape index (κ3) is 4.64. The Morgan fingerprint density at radius 1 is 1.32 bits per heavy atom. The number of carbonyl (C=O) groups excluding carboxylic acids is 2. The van der Waals surface area contributed by atoms with Gasteiger partial charge in [-0.3, -0.25) is 14.9 Å². The molecular weight excluding hydrogens is 414 g/mol. The third-order valence-corrected chi connectivity index (χ3v) is 6.07. The number of thiazole rings is 1. The van der Waals surface area contributed by atoms with E-state index in [2.05, 4.69) is 16.4 Å². The standard InChI is InChI=1S/C23H25N3O4S/c1-3-29-19-11-20-17(15-6-4-5-7-18(15)30-20)10-16(19)13(2)8-22(28)26-23-25-14(12-31-23)9-21(24)27/h8,10-12H,3-7,9H2,1-2H3,(H2,24,27)(H,25,26,28)/b13-8+. The van der Waals surface area contributed by atoms with Crippen molar-refractivity contribution in [3.05, 3.63) is 46.2 Å². The van der Waals surface area contributed by atoms with Crippen LogP contribution in [0.15, 0.2) is 28.0 Å². The largest absolute Gasteiger partial charge is 0.493 e. The molecule has 0 bridgehead atoms. The lowest BCUT2D eigenvalue weighted by Crippen LogP contribution is -2.14. The normalized spacial score (nSPS) is 13.8. The number of fused-ring (bicyclic) bond motifs is 3. The number of rotatable bonds is 7. The first-order valence-electron chi connectivity index (χ1n) is 10.4. The van der Waals surface area contributed by atoms with Crippen LogP contribution in [-0.4, -0.2) is 23.4 Å². The predicted molar refractivity (Wildman–Crippen MR) is 121 cm³/mol. The lowest BCUT2D eigenvalue weighted by atomic mass is 9.94. The number of hydrogen-bond acceptors (Lipinski definition) is 6. The number of aromatic nitrogens is 1. The summed E-state index contributed by atoms with van der Waals surface area (Å²) in [4.78, 5) is 27.8. The molecule has 0 atom stereocenters. The van der Waals surface area contributed by atoms with E-state index in [0.29, 0.717) is 23.2 Å². The second-order valence-corrected chi connectivity index (χ2v) is 8.45. The van der Waals surface area contributed by atoms with Crippen molar-refractivity contribution in [1.82, 2.24) is 4.98 Å². The van der Waals surface area contributed by atoms with Crippen LogP contribution in [0.4, 0.5) is 5.13 Å². The fraction of sp³-hybridized carbons (Fsp3) is 0.348. The summed E-state index contributed by atoms with van der Waals surface area (Å²) >= 11 is 1.26. The van der Waals surface area contributed by atoms with Crippen molar-refractivity contribution < 1.29 is 18.7 Å². The molecule has 2 heterocycles. The highest BCUT2D eigenvalue weighted by Gasteiger charge is 2.20. The number of ether oxygens (including phenoxy) is 1. The second-order valence-electron chi connectivity index (χ2n) is 7.59. The number of anilines is 1. The molecule has 0 fully saturated rings. The van der Waals surface area contributed by atoms with E-state index in [1.807, 2.05) is 19.9 Å². The molecule has 7 nitrogen and oxygen atoms in total. The molecule has 0 aliphatic heterocycles. The molecule has 8 heteroatoms. The molecule has 0 radical (unpaired) electrons. The van der Waals surface area contributed by atoms with Gasteiger partial charge in [0, 0.05) is 40.5 Å². The third-order valence-electron chi connectivity index (χ3n) is 5.27. The Morgan fingerprint density at radius 3 is 2.90 bits per heavy atom. The van der Waals surface area contributed by atoms with Crippen LogP contribution < -0.4 is 15.8 Å². The fourth-order valence-corrected chi connectivity index (χ4v) is 4.63. The zero-order valence-electron chi connectivity index (χ0n) is 17.6. The number of aryl methyl sites for hydroxylation is 2. The summed E-state index contributed by atoms with van der Waals surface area (Å²) in [6.07, 6.45) is 5.87. The topological polar surface area (TPSA) is 107 Å². The molecule has 162 valence electrons. The van der Waals surface area contributed by atoms with Crippen LogP contribution in [0.2, 0.25) is 0 Å². The quantitative estimate of drug-likeness (QED) is 0.536. The molecule has 4 rings (SSSR count). The maximum absolute atomic E-state index is 12.6. The molecule has 31 heavy (non-hydrogen) atoms. The molecule has 2 aromatic heterocycles. The van der Waals surface area contributed by atoms with Crippen LogP contribution in [-0.2, 0) is 28.9 Å². The molecule has 1 aliphatic carbocycles. The first kappa shape index (κ1) is 21.1. The number of primary amides is 1. The Kier molecular flexibility index (Phi) is 6.08. The predicted octanol–water partition coefficient (Wildman–Crippen LogP) is 4.24. The first-order chi connectivity index (χ1) is 14.9. The fourth-order valence-electron chi connectivity index (χ4n) is 3.91. The van der Waals surface area contributed by atoms with Gasteiger partial charge in [0.2, 0.25) is 11.8 Å². The number of allylic oxidation sites excluding steroid dienone is 1. The number of benzene rings is 1. The van der Waals surface area contributed by atoms with E-state index >= 15 is 0 Å². The molecule has 0 spiro atoms. The average molecular weight is 440 g/mol. The van der Waals surface area contributed by atoms with Gasteiger partial charge in [-0.15, -0.1) is 11.3 Å². The Bertz CT molecular complexity index is 1180. The van der Waals surface area contributed by atoms with Gasteiger partial charge in [0.15, 0.2) is 5.13 Å². The van der Waals surface area contributed by atoms with E-state index in [1.165, 1.54) is 23.0 Å². The van der Waals surface area contributed by atoms with Crippen molar-refractivity contribution in [3.8, 4) is 5.75 Å². The molecule has 0 saturated carbocycles. The molecule has 1 aromatic carbocycles. The number of furan rings is 1. The number of carbonyl (C=O) groups is 2. The van der Waals surface area contributed by atoms with Crippen LogP contribution in [0.3, 0.4) is 0 Å². The van der Waals surface area contributed by atoms with Crippen molar-refractivity contribution in [1.29, 1.82) is 0 Å². The van der Waals surface area contributed by atoms with Crippen molar-refractivity contribution in [2.24, 2.45) is 5.73 Å². The molecule has 2 amide bonds. The highest BCUT2D eigenvalue weighted by molar-refractivity contribution is 7.14. The minimum atomic E-state index is -0.459. The Hall–Kier alpha value is -3.13. The van der Waals surface area contributed by atoms with E-state index < -0.39 is 5.91 Å². The lowest BCUT2D eigenvalue weighted by Gasteiger charge is -2.12. The van der Waals surface area contributed by atoms with Gasteiger partial charge in [0.1, 0.15) is 17.1 Å². The second kappa shape index (κ2) is 8.93. The number of nitrogens with one attached hydrogen (secondary N) is 1. The molecule has 3 aromatic rings.